The van der Waals surface area contributed by atoms with E-state index in [0.717, 1.165) is 0 Å². The Balaban J connectivity index is 2.69. The minimum atomic E-state index is -0.00842. The first-order chi connectivity index (χ1) is 6.24. The van der Waals surface area contributed by atoms with Crippen LogP contribution in [0.4, 0.5) is 0 Å². The molecule has 0 saturated carbocycles. The van der Waals surface area contributed by atoms with Crippen LogP contribution in [0.3, 0.4) is 0 Å². The van der Waals surface area contributed by atoms with Crippen LogP contribution in [0.5, 0.6) is 11.5 Å². The summed E-state index contributed by atoms with van der Waals surface area (Å²) in [7, 11) is 1.57. The number of nitrogens with one attached hydrogen (secondary N) is 1. The molecule has 4 heteroatoms. The van der Waals surface area contributed by atoms with E-state index in [9.17, 15) is 0 Å². The molecule has 0 spiro atoms. The summed E-state index contributed by atoms with van der Waals surface area (Å²) < 4.78 is 10.3. The van der Waals surface area contributed by atoms with Gasteiger partial charge in [-0.15, -0.1) is 0 Å². The molecule has 0 unspecified atom stereocenters. The minimum absolute atomic E-state index is 0.00842. The van der Waals surface area contributed by atoms with Crippen LogP contribution in [0, 0.1) is 5.41 Å². The molecule has 70 valence electrons. The lowest BCUT2D eigenvalue weighted by atomic mass is 10.3. The van der Waals surface area contributed by atoms with Crippen LogP contribution < -0.4 is 15.2 Å². The van der Waals surface area contributed by atoms with Crippen molar-refractivity contribution in [2.75, 3.05) is 13.7 Å². The summed E-state index contributed by atoms with van der Waals surface area (Å²) >= 11 is 0. The first-order valence-corrected chi connectivity index (χ1v) is 3.82. The van der Waals surface area contributed by atoms with Gasteiger partial charge in [-0.05, 0) is 12.1 Å². The van der Waals surface area contributed by atoms with Gasteiger partial charge in [-0.3, -0.25) is 5.41 Å². The van der Waals surface area contributed by atoms with Gasteiger partial charge in [0.25, 0.3) is 0 Å². The Hall–Kier alpha value is -1.71. The molecule has 1 aromatic rings. The highest BCUT2D eigenvalue weighted by Crippen LogP contribution is 2.25. The third kappa shape index (κ3) is 2.66. The Bertz CT molecular complexity index is 299. The zero-order valence-electron chi connectivity index (χ0n) is 7.41. The molecular formula is C9H12N2O2. The van der Waals surface area contributed by atoms with E-state index in [-0.39, 0.29) is 12.4 Å². The van der Waals surface area contributed by atoms with Crippen molar-refractivity contribution in [2.45, 2.75) is 0 Å². The predicted octanol–water partition coefficient (Wildman–Crippen LogP) is 1.01. The summed E-state index contributed by atoms with van der Waals surface area (Å²) in [5.74, 6) is 1.23. The van der Waals surface area contributed by atoms with Crippen molar-refractivity contribution in [1.29, 1.82) is 5.41 Å². The van der Waals surface area contributed by atoms with Crippen molar-refractivity contribution in [1.82, 2.24) is 0 Å². The van der Waals surface area contributed by atoms with Gasteiger partial charge in [0.05, 0.1) is 7.11 Å². The molecule has 0 radical (unpaired) electrons. The summed E-state index contributed by atoms with van der Waals surface area (Å²) in [6.07, 6.45) is 0. The van der Waals surface area contributed by atoms with Gasteiger partial charge in [0, 0.05) is 0 Å². The second kappa shape index (κ2) is 4.35. The molecule has 0 aliphatic carbocycles. The zero-order valence-corrected chi connectivity index (χ0v) is 7.41. The first-order valence-electron chi connectivity index (χ1n) is 3.82. The Labute approximate surface area is 76.8 Å². The monoisotopic (exact) mass is 180 g/mol. The van der Waals surface area contributed by atoms with Crippen LogP contribution in [-0.2, 0) is 0 Å². The number of rotatable bonds is 4. The van der Waals surface area contributed by atoms with E-state index in [1.807, 2.05) is 12.1 Å². The Morgan fingerprint density at radius 1 is 1.38 bits per heavy atom. The highest BCUT2D eigenvalue weighted by Gasteiger charge is 2.01. The Morgan fingerprint density at radius 3 is 2.54 bits per heavy atom. The van der Waals surface area contributed by atoms with Crippen molar-refractivity contribution in [3.05, 3.63) is 24.3 Å². The maximum absolute atomic E-state index is 6.98. The molecule has 1 aromatic carbocycles. The summed E-state index contributed by atoms with van der Waals surface area (Å²) in [6, 6.07) is 7.23. The zero-order chi connectivity index (χ0) is 9.68. The van der Waals surface area contributed by atoms with Gasteiger partial charge in [0.15, 0.2) is 11.5 Å². The van der Waals surface area contributed by atoms with Crippen molar-refractivity contribution >= 4 is 5.84 Å². The highest BCUT2D eigenvalue weighted by molar-refractivity contribution is 5.78. The highest BCUT2D eigenvalue weighted by atomic mass is 16.5. The lowest BCUT2D eigenvalue weighted by Crippen LogP contribution is -2.19. The number of methoxy groups -OCH3 is 1. The lowest BCUT2D eigenvalue weighted by molar-refractivity contribution is 0.333. The van der Waals surface area contributed by atoms with Crippen LogP contribution in [0.1, 0.15) is 0 Å². The molecule has 3 N–H and O–H groups in total. The number of amidine groups is 1. The van der Waals surface area contributed by atoms with Gasteiger partial charge < -0.3 is 15.2 Å². The number of para-hydroxylation sites is 2. The van der Waals surface area contributed by atoms with Gasteiger partial charge in [-0.1, -0.05) is 12.1 Å². The topological polar surface area (TPSA) is 68.3 Å². The van der Waals surface area contributed by atoms with Gasteiger partial charge in [0.1, 0.15) is 12.4 Å². The molecule has 0 amide bonds. The molecule has 0 bridgehead atoms. The number of benzene rings is 1. The lowest BCUT2D eigenvalue weighted by Gasteiger charge is -2.08. The molecule has 13 heavy (non-hydrogen) atoms. The van der Waals surface area contributed by atoms with Gasteiger partial charge in [0.2, 0.25) is 0 Å². The van der Waals surface area contributed by atoms with Crippen LogP contribution in [-0.4, -0.2) is 19.6 Å². The summed E-state index contributed by atoms with van der Waals surface area (Å²) in [5, 5.41) is 6.98. The minimum Gasteiger partial charge on any atom is -0.493 e. The molecule has 4 nitrogen and oxygen atoms in total. The number of nitrogens with two attached hydrogens (primary N) is 1. The normalized spacial score (nSPS) is 9.31. The number of hydrogen-bond donors (Lipinski definition) is 2. The van der Waals surface area contributed by atoms with Crippen molar-refractivity contribution < 1.29 is 9.47 Å². The fourth-order valence-corrected chi connectivity index (χ4v) is 0.894. The standard InChI is InChI=1S/C9H12N2O2/c1-12-7-4-2-3-5-8(7)13-6-9(10)11/h2-5H,6H2,1H3,(H3,10,11). The molecule has 0 saturated heterocycles. The van der Waals surface area contributed by atoms with E-state index in [0.29, 0.717) is 11.5 Å². The SMILES string of the molecule is COc1ccccc1OCC(=N)N. The molecule has 0 heterocycles. The average molecular weight is 180 g/mol. The average Bonchev–Trinajstić information content (AvgIpc) is 2.15. The van der Waals surface area contributed by atoms with E-state index in [1.165, 1.54) is 0 Å². The van der Waals surface area contributed by atoms with Gasteiger partial charge in [-0.25, -0.2) is 0 Å². The summed E-state index contributed by atoms with van der Waals surface area (Å²) in [4.78, 5) is 0. The molecule has 0 aliphatic heterocycles. The molecule has 0 aromatic heterocycles. The fourth-order valence-electron chi connectivity index (χ4n) is 0.894. The van der Waals surface area contributed by atoms with Crippen LogP contribution >= 0.6 is 0 Å². The second-order valence-corrected chi connectivity index (χ2v) is 2.46. The Morgan fingerprint density at radius 2 is 2.00 bits per heavy atom. The molecule has 0 fully saturated rings. The van der Waals surface area contributed by atoms with Crippen LogP contribution in [0.25, 0.3) is 0 Å². The van der Waals surface area contributed by atoms with Crippen molar-refractivity contribution in [2.24, 2.45) is 5.73 Å². The van der Waals surface area contributed by atoms with E-state index in [4.69, 9.17) is 20.6 Å². The van der Waals surface area contributed by atoms with E-state index < -0.39 is 0 Å². The van der Waals surface area contributed by atoms with Gasteiger partial charge >= 0.3 is 0 Å². The van der Waals surface area contributed by atoms with E-state index in [1.54, 1.807) is 19.2 Å². The van der Waals surface area contributed by atoms with Crippen molar-refractivity contribution in [3.8, 4) is 11.5 Å². The fraction of sp³-hybridized carbons (Fsp3) is 0.222. The molecule has 1 rings (SSSR count). The third-order valence-electron chi connectivity index (χ3n) is 1.45. The Kier molecular flexibility index (Phi) is 3.14. The largest absolute Gasteiger partial charge is 0.493 e. The molecule has 0 aliphatic rings. The van der Waals surface area contributed by atoms with Crippen molar-refractivity contribution in [3.63, 3.8) is 0 Å². The van der Waals surface area contributed by atoms with Crippen LogP contribution in [0.2, 0.25) is 0 Å². The van der Waals surface area contributed by atoms with E-state index >= 15 is 0 Å². The molecule has 0 atom stereocenters. The smallest absolute Gasteiger partial charge is 0.161 e. The second-order valence-electron chi connectivity index (χ2n) is 2.46. The number of hydrogen-bond acceptors (Lipinski definition) is 3. The maximum Gasteiger partial charge on any atom is 0.161 e. The van der Waals surface area contributed by atoms with Crippen LogP contribution in [0.15, 0.2) is 24.3 Å². The third-order valence-corrected chi connectivity index (χ3v) is 1.45. The summed E-state index contributed by atoms with van der Waals surface area (Å²) in [5.41, 5.74) is 5.15. The first kappa shape index (κ1) is 9.38. The quantitative estimate of drug-likeness (QED) is 0.536. The molecular weight excluding hydrogens is 168 g/mol. The number of ether oxygens (including phenoxy) is 2. The maximum atomic E-state index is 6.98. The predicted molar refractivity (Wildman–Crippen MR) is 50.4 cm³/mol. The summed E-state index contributed by atoms with van der Waals surface area (Å²) in [6.45, 7) is 0.0837. The van der Waals surface area contributed by atoms with Gasteiger partial charge in [-0.2, -0.15) is 0 Å². The van der Waals surface area contributed by atoms with E-state index in [2.05, 4.69) is 0 Å².